The molecule has 0 rings (SSSR count). The van der Waals surface area contributed by atoms with E-state index in [9.17, 15) is 14.4 Å². The first-order valence-corrected chi connectivity index (χ1v) is 6.63. The van der Waals surface area contributed by atoms with Crippen molar-refractivity contribution >= 4 is 18.0 Å². The van der Waals surface area contributed by atoms with E-state index in [1.165, 1.54) is 0 Å². The summed E-state index contributed by atoms with van der Waals surface area (Å²) in [5.74, 6) is -0.654. The van der Waals surface area contributed by atoms with E-state index in [0.29, 0.717) is 6.61 Å². The van der Waals surface area contributed by atoms with E-state index in [-0.39, 0.29) is 31.8 Å². The molecule has 20 heavy (non-hydrogen) atoms. The van der Waals surface area contributed by atoms with Gasteiger partial charge in [0.1, 0.15) is 5.60 Å². The zero-order chi connectivity index (χ0) is 15.6. The molecule has 0 radical (unpaired) electrons. The number of carbonyl (C=O) groups excluding carboxylic acids is 3. The molecule has 0 aliphatic rings. The predicted molar refractivity (Wildman–Crippen MR) is 73.1 cm³/mol. The third-order valence-corrected chi connectivity index (χ3v) is 1.98. The van der Waals surface area contributed by atoms with E-state index < -0.39 is 17.7 Å². The number of alkyl carbamates (subject to hydrolysis) is 1. The van der Waals surface area contributed by atoms with Crippen LogP contribution < -0.4 is 10.6 Å². The molecule has 0 aromatic carbocycles. The third-order valence-electron chi connectivity index (χ3n) is 1.98. The molecule has 7 nitrogen and oxygen atoms in total. The van der Waals surface area contributed by atoms with Crippen molar-refractivity contribution in [1.29, 1.82) is 0 Å². The van der Waals surface area contributed by atoms with Crippen LogP contribution in [0, 0.1) is 0 Å². The normalized spacial score (nSPS) is 10.6. The number of ether oxygens (including phenoxy) is 2. The fraction of sp³-hybridized carbons (Fsp3) is 0.769. The molecule has 116 valence electrons. The molecule has 0 saturated heterocycles. The number of carbonyl (C=O) groups is 3. The SMILES string of the molecule is CCOC(=O)CCC(=O)NCCNC(=O)OC(C)(C)C. The molecular formula is C13H24N2O5. The lowest BCUT2D eigenvalue weighted by molar-refractivity contribution is -0.144. The smallest absolute Gasteiger partial charge is 0.407 e. The van der Waals surface area contributed by atoms with Crippen molar-refractivity contribution in [2.75, 3.05) is 19.7 Å². The lowest BCUT2D eigenvalue weighted by atomic mass is 10.2. The fourth-order valence-electron chi connectivity index (χ4n) is 1.22. The molecule has 0 aromatic rings. The van der Waals surface area contributed by atoms with Crippen LogP contribution in [0.2, 0.25) is 0 Å². The highest BCUT2D eigenvalue weighted by Crippen LogP contribution is 2.05. The van der Waals surface area contributed by atoms with Crippen LogP contribution in [0.5, 0.6) is 0 Å². The summed E-state index contributed by atoms with van der Waals surface area (Å²) in [5, 5.41) is 5.09. The van der Waals surface area contributed by atoms with Crippen LogP contribution in [-0.2, 0) is 19.1 Å². The second-order valence-electron chi connectivity index (χ2n) is 5.08. The van der Waals surface area contributed by atoms with Crippen molar-refractivity contribution in [2.45, 2.75) is 46.1 Å². The van der Waals surface area contributed by atoms with E-state index in [0.717, 1.165) is 0 Å². The molecule has 0 atom stereocenters. The number of amides is 2. The van der Waals surface area contributed by atoms with Crippen LogP contribution in [0.25, 0.3) is 0 Å². The van der Waals surface area contributed by atoms with Crippen molar-refractivity contribution in [3.05, 3.63) is 0 Å². The Hall–Kier alpha value is -1.79. The van der Waals surface area contributed by atoms with Gasteiger partial charge in [-0.2, -0.15) is 0 Å². The molecule has 0 spiro atoms. The van der Waals surface area contributed by atoms with E-state index in [1.54, 1.807) is 27.7 Å². The molecule has 0 aliphatic heterocycles. The van der Waals surface area contributed by atoms with Gasteiger partial charge in [0, 0.05) is 19.5 Å². The summed E-state index contributed by atoms with van der Waals surface area (Å²) < 4.78 is 9.73. The predicted octanol–water partition coefficient (Wildman–Crippen LogP) is 0.971. The Bertz CT molecular complexity index is 336. The fourth-order valence-corrected chi connectivity index (χ4v) is 1.22. The molecule has 7 heteroatoms. The number of nitrogens with one attached hydrogen (secondary N) is 2. The maximum Gasteiger partial charge on any atom is 0.407 e. The van der Waals surface area contributed by atoms with Gasteiger partial charge in [0.25, 0.3) is 0 Å². The summed E-state index contributed by atoms with van der Waals surface area (Å²) in [6.45, 7) is 7.86. The summed E-state index contributed by atoms with van der Waals surface area (Å²) in [5.41, 5.74) is -0.549. The van der Waals surface area contributed by atoms with Crippen molar-refractivity contribution in [3.63, 3.8) is 0 Å². The summed E-state index contributed by atoms with van der Waals surface area (Å²) in [7, 11) is 0. The average molecular weight is 288 g/mol. The molecule has 0 unspecified atom stereocenters. The second-order valence-corrected chi connectivity index (χ2v) is 5.08. The van der Waals surface area contributed by atoms with Crippen molar-refractivity contribution in [1.82, 2.24) is 10.6 Å². The lowest BCUT2D eigenvalue weighted by Gasteiger charge is -2.19. The van der Waals surface area contributed by atoms with Crippen LogP contribution in [0.15, 0.2) is 0 Å². The van der Waals surface area contributed by atoms with Crippen molar-refractivity contribution in [3.8, 4) is 0 Å². The molecule has 0 heterocycles. The summed E-state index contributed by atoms with van der Waals surface area (Å²) in [6.07, 6.45) is -0.400. The van der Waals surface area contributed by atoms with Gasteiger partial charge >= 0.3 is 12.1 Å². The van der Waals surface area contributed by atoms with Gasteiger partial charge in [0.15, 0.2) is 0 Å². The molecule has 0 saturated carbocycles. The first-order chi connectivity index (χ1) is 9.24. The highest BCUT2D eigenvalue weighted by Gasteiger charge is 2.15. The Morgan fingerprint density at radius 2 is 1.60 bits per heavy atom. The topological polar surface area (TPSA) is 93.7 Å². The number of hydrogen-bond acceptors (Lipinski definition) is 5. The van der Waals surface area contributed by atoms with Crippen LogP contribution in [0.1, 0.15) is 40.5 Å². The van der Waals surface area contributed by atoms with Crippen LogP contribution in [0.3, 0.4) is 0 Å². The van der Waals surface area contributed by atoms with Gasteiger partial charge in [-0.1, -0.05) is 0 Å². The van der Waals surface area contributed by atoms with Gasteiger partial charge in [0.05, 0.1) is 13.0 Å². The number of hydrogen-bond donors (Lipinski definition) is 2. The molecule has 0 aliphatic carbocycles. The van der Waals surface area contributed by atoms with Gasteiger partial charge in [-0.05, 0) is 27.7 Å². The van der Waals surface area contributed by atoms with Crippen LogP contribution in [-0.4, -0.2) is 43.3 Å². The van der Waals surface area contributed by atoms with Gasteiger partial charge in [-0.15, -0.1) is 0 Å². The molecular weight excluding hydrogens is 264 g/mol. The molecule has 2 amide bonds. The Kier molecular flexibility index (Phi) is 8.35. The Morgan fingerprint density at radius 1 is 1.00 bits per heavy atom. The Labute approximate surface area is 119 Å². The minimum atomic E-state index is -0.549. The van der Waals surface area contributed by atoms with Crippen molar-refractivity contribution < 1.29 is 23.9 Å². The first kappa shape index (κ1) is 18.2. The third kappa shape index (κ3) is 11.3. The second kappa shape index (κ2) is 9.17. The van der Waals surface area contributed by atoms with Gasteiger partial charge < -0.3 is 20.1 Å². The number of rotatable bonds is 7. The van der Waals surface area contributed by atoms with E-state index in [1.807, 2.05) is 0 Å². The van der Waals surface area contributed by atoms with Crippen molar-refractivity contribution in [2.24, 2.45) is 0 Å². The van der Waals surface area contributed by atoms with Crippen LogP contribution in [0.4, 0.5) is 4.79 Å². The lowest BCUT2D eigenvalue weighted by Crippen LogP contribution is -2.37. The Balaban J connectivity index is 3.62. The van der Waals surface area contributed by atoms with E-state index in [2.05, 4.69) is 10.6 Å². The molecule has 0 aromatic heterocycles. The minimum absolute atomic E-state index is 0.0547. The zero-order valence-corrected chi connectivity index (χ0v) is 12.6. The van der Waals surface area contributed by atoms with Gasteiger partial charge in [-0.3, -0.25) is 9.59 Å². The molecule has 0 bridgehead atoms. The number of esters is 1. The molecule has 0 fully saturated rings. The van der Waals surface area contributed by atoms with Crippen LogP contribution >= 0.6 is 0 Å². The Morgan fingerprint density at radius 3 is 2.15 bits per heavy atom. The van der Waals surface area contributed by atoms with Gasteiger partial charge in [-0.25, -0.2) is 4.79 Å². The summed E-state index contributed by atoms with van der Waals surface area (Å²) in [6, 6.07) is 0. The first-order valence-electron chi connectivity index (χ1n) is 6.63. The monoisotopic (exact) mass is 288 g/mol. The zero-order valence-electron chi connectivity index (χ0n) is 12.6. The highest BCUT2D eigenvalue weighted by atomic mass is 16.6. The summed E-state index contributed by atoms with van der Waals surface area (Å²) in [4.78, 5) is 33.7. The standard InChI is InChI=1S/C13H24N2O5/c1-5-19-11(17)7-6-10(16)14-8-9-15-12(18)20-13(2,3)4/h5-9H2,1-4H3,(H,14,16)(H,15,18). The maximum atomic E-state index is 11.4. The summed E-state index contributed by atoms with van der Waals surface area (Å²) >= 11 is 0. The largest absolute Gasteiger partial charge is 0.466 e. The quantitative estimate of drug-likeness (QED) is 0.538. The maximum absolute atomic E-state index is 11.4. The van der Waals surface area contributed by atoms with E-state index in [4.69, 9.17) is 9.47 Å². The average Bonchev–Trinajstić information content (AvgIpc) is 2.30. The highest BCUT2D eigenvalue weighted by molar-refractivity contribution is 5.81. The van der Waals surface area contributed by atoms with Gasteiger partial charge in [0.2, 0.25) is 5.91 Å². The molecule has 2 N–H and O–H groups in total. The minimum Gasteiger partial charge on any atom is -0.466 e. The van der Waals surface area contributed by atoms with E-state index >= 15 is 0 Å².